The van der Waals surface area contributed by atoms with E-state index in [1.165, 1.54) is 6.42 Å². The Hall–Kier alpha value is -0.370. The van der Waals surface area contributed by atoms with Crippen molar-refractivity contribution < 1.29 is 0 Å². The molecule has 0 aromatic rings. The maximum Gasteiger partial charge on any atom is 0.0273 e. The zero-order valence-electron chi connectivity index (χ0n) is 8.30. The normalized spacial score (nSPS) is 12.5. The van der Waals surface area contributed by atoms with Crippen molar-refractivity contribution in [3.8, 4) is 0 Å². The Balaban J connectivity index is 0. The number of hydrogen-bond acceptors (Lipinski definition) is 2. The fourth-order valence-electron chi connectivity index (χ4n) is 0.349. The van der Waals surface area contributed by atoms with Crippen LogP contribution in [0.3, 0.4) is 0 Å². The molecule has 0 radical (unpaired) electrons. The standard InChI is InChI=1S/C5H13N.C4H9N/c1-3-5(2)4-6;1-3-4-5-2/h5H,3-4,6H2,1-2H3;4H,3H2,1-2H3. The monoisotopic (exact) mass is 158 g/mol. The van der Waals surface area contributed by atoms with E-state index in [9.17, 15) is 0 Å². The van der Waals surface area contributed by atoms with Crippen molar-refractivity contribution in [2.45, 2.75) is 33.6 Å². The van der Waals surface area contributed by atoms with Crippen LogP contribution in [-0.2, 0) is 0 Å². The first-order valence-corrected chi connectivity index (χ1v) is 4.33. The number of nitrogens with zero attached hydrogens (tertiary/aromatic N) is 1. The topological polar surface area (TPSA) is 38.4 Å². The van der Waals surface area contributed by atoms with Crippen LogP contribution in [-0.4, -0.2) is 19.8 Å². The molecule has 0 spiro atoms. The Bertz CT molecular complexity index is 75.6. The van der Waals surface area contributed by atoms with Crippen LogP contribution < -0.4 is 5.73 Å². The van der Waals surface area contributed by atoms with Gasteiger partial charge in [0.25, 0.3) is 0 Å². The van der Waals surface area contributed by atoms with E-state index in [1.54, 1.807) is 7.05 Å². The van der Waals surface area contributed by atoms with Crippen LogP contribution in [0.2, 0.25) is 0 Å². The summed E-state index contributed by atoms with van der Waals surface area (Å²) in [5.74, 6) is 0.713. The molecule has 0 saturated heterocycles. The van der Waals surface area contributed by atoms with Gasteiger partial charge in [-0.1, -0.05) is 27.2 Å². The van der Waals surface area contributed by atoms with Gasteiger partial charge in [0, 0.05) is 7.05 Å². The van der Waals surface area contributed by atoms with Crippen molar-refractivity contribution >= 4 is 6.21 Å². The first kappa shape index (κ1) is 13.2. The van der Waals surface area contributed by atoms with Gasteiger partial charge in [0.05, 0.1) is 0 Å². The molecule has 0 heterocycles. The zero-order chi connectivity index (χ0) is 9.11. The van der Waals surface area contributed by atoms with E-state index < -0.39 is 0 Å². The molecule has 0 aliphatic heterocycles. The van der Waals surface area contributed by atoms with Gasteiger partial charge < -0.3 is 10.7 Å². The van der Waals surface area contributed by atoms with Gasteiger partial charge in [-0.15, -0.1) is 0 Å². The van der Waals surface area contributed by atoms with Gasteiger partial charge in [-0.3, -0.25) is 0 Å². The Kier molecular flexibility index (Phi) is 14.8. The number of aliphatic imine (C=N–C) groups is 1. The highest BCUT2D eigenvalue weighted by molar-refractivity contribution is 5.56. The summed E-state index contributed by atoms with van der Waals surface area (Å²) in [5, 5.41) is 0. The highest BCUT2D eigenvalue weighted by Crippen LogP contribution is 1.93. The molecule has 0 aromatic carbocycles. The molecule has 1 unspecified atom stereocenters. The first-order valence-electron chi connectivity index (χ1n) is 4.33. The van der Waals surface area contributed by atoms with E-state index in [1.807, 2.05) is 6.21 Å². The lowest BCUT2D eigenvalue weighted by Gasteiger charge is -1.98. The molecule has 2 heteroatoms. The lowest BCUT2D eigenvalue weighted by Crippen LogP contribution is -2.08. The minimum atomic E-state index is 0.713. The summed E-state index contributed by atoms with van der Waals surface area (Å²) < 4.78 is 0. The molecule has 68 valence electrons. The fourth-order valence-corrected chi connectivity index (χ4v) is 0.349. The van der Waals surface area contributed by atoms with Gasteiger partial charge in [-0.25, -0.2) is 0 Å². The van der Waals surface area contributed by atoms with Gasteiger partial charge in [-0.05, 0) is 25.1 Å². The van der Waals surface area contributed by atoms with Crippen molar-refractivity contribution in [3.05, 3.63) is 0 Å². The fraction of sp³-hybridized carbons (Fsp3) is 0.889. The largest absolute Gasteiger partial charge is 0.330 e. The number of nitrogens with two attached hydrogens (primary N) is 1. The smallest absolute Gasteiger partial charge is 0.0273 e. The summed E-state index contributed by atoms with van der Waals surface area (Å²) >= 11 is 0. The molecule has 2 nitrogen and oxygen atoms in total. The second kappa shape index (κ2) is 12.3. The second-order valence-electron chi connectivity index (χ2n) is 2.60. The average molecular weight is 158 g/mol. The Morgan fingerprint density at radius 2 is 2.00 bits per heavy atom. The molecule has 11 heavy (non-hydrogen) atoms. The van der Waals surface area contributed by atoms with Crippen LogP contribution in [0.5, 0.6) is 0 Å². The van der Waals surface area contributed by atoms with E-state index in [-0.39, 0.29) is 0 Å². The van der Waals surface area contributed by atoms with Crippen LogP contribution in [0.4, 0.5) is 0 Å². The predicted octanol–water partition coefficient (Wildman–Crippen LogP) is 2.09. The summed E-state index contributed by atoms with van der Waals surface area (Å²) in [6.45, 7) is 7.20. The van der Waals surface area contributed by atoms with Gasteiger partial charge in [0.2, 0.25) is 0 Å². The SMILES string of the molecule is CCC(C)CN.CCC=NC. The molecule has 0 aliphatic rings. The summed E-state index contributed by atoms with van der Waals surface area (Å²) in [4.78, 5) is 3.73. The molecule has 1 atom stereocenters. The third kappa shape index (κ3) is 17.7. The number of rotatable bonds is 3. The highest BCUT2D eigenvalue weighted by atomic mass is 14.6. The molecular weight excluding hydrogens is 136 g/mol. The third-order valence-corrected chi connectivity index (χ3v) is 1.46. The Labute approximate surface area is 70.9 Å². The molecular formula is C9H22N2. The predicted molar refractivity (Wildman–Crippen MR) is 53.2 cm³/mol. The van der Waals surface area contributed by atoms with Crippen LogP contribution in [0.1, 0.15) is 33.6 Å². The highest BCUT2D eigenvalue weighted by Gasteiger charge is 1.88. The average Bonchev–Trinajstić information content (AvgIpc) is 2.06. The summed E-state index contributed by atoms with van der Waals surface area (Å²) in [6, 6.07) is 0. The molecule has 0 aromatic heterocycles. The lowest BCUT2D eigenvalue weighted by atomic mass is 10.1. The minimum Gasteiger partial charge on any atom is -0.330 e. The maximum absolute atomic E-state index is 5.28. The summed E-state index contributed by atoms with van der Waals surface area (Å²) in [5.41, 5.74) is 5.28. The van der Waals surface area contributed by atoms with Gasteiger partial charge in [0.1, 0.15) is 0 Å². The van der Waals surface area contributed by atoms with Crippen molar-refractivity contribution in [1.29, 1.82) is 0 Å². The second-order valence-corrected chi connectivity index (χ2v) is 2.60. The zero-order valence-corrected chi connectivity index (χ0v) is 8.30. The lowest BCUT2D eigenvalue weighted by molar-refractivity contribution is 0.576. The summed E-state index contributed by atoms with van der Waals surface area (Å²) in [6.07, 6.45) is 4.13. The molecule has 0 fully saturated rings. The quantitative estimate of drug-likeness (QED) is 0.627. The molecule has 0 aliphatic carbocycles. The molecule has 0 amide bonds. The van der Waals surface area contributed by atoms with Gasteiger partial charge >= 0.3 is 0 Å². The summed E-state index contributed by atoms with van der Waals surface area (Å²) in [7, 11) is 1.78. The van der Waals surface area contributed by atoms with Crippen LogP contribution in [0.25, 0.3) is 0 Å². The van der Waals surface area contributed by atoms with Crippen LogP contribution >= 0.6 is 0 Å². The number of hydrogen-bond donors (Lipinski definition) is 1. The van der Waals surface area contributed by atoms with Crippen molar-refractivity contribution in [2.24, 2.45) is 16.6 Å². The first-order chi connectivity index (χ1) is 5.22. The molecule has 2 N–H and O–H groups in total. The Morgan fingerprint density at radius 1 is 1.45 bits per heavy atom. The maximum atomic E-state index is 5.28. The molecule has 0 rings (SSSR count). The van der Waals surface area contributed by atoms with E-state index in [0.29, 0.717) is 5.92 Å². The van der Waals surface area contributed by atoms with Crippen molar-refractivity contribution in [2.75, 3.05) is 13.6 Å². The minimum absolute atomic E-state index is 0.713. The van der Waals surface area contributed by atoms with Crippen LogP contribution in [0, 0.1) is 5.92 Å². The third-order valence-electron chi connectivity index (χ3n) is 1.46. The van der Waals surface area contributed by atoms with E-state index in [4.69, 9.17) is 5.73 Å². The molecule has 0 saturated carbocycles. The van der Waals surface area contributed by atoms with Crippen molar-refractivity contribution in [3.63, 3.8) is 0 Å². The van der Waals surface area contributed by atoms with Gasteiger partial charge in [-0.2, -0.15) is 0 Å². The molecule has 0 bridgehead atoms. The van der Waals surface area contributed by atoms with E-state index in [0.717, 1.165) is 13.0 Å². The van der Waals surface area contributed by atoms with E-state index in [2.05, 4.69) is 25.8 Å². The Morgan fingerprint density at radius 3 is 2.00 bits per heavy atom. The van der Waals surface area contributed by atoms with Gasteiger partial charge in [0.15, 0.2) is 0 Å². The van der Waals surface area contributed by atoms with E-state index >= 15 is 0 Å². The van der Waals surface area contributed by atoms with Crippen molar-refractivity contribution in [1.82, 2.24) is 0 Å². The van der Waals surface area contributed by atoms with Crippen LogP contribution in [0.15, 0.2) is 4.99 Å².